The Morgan fingerprint density at radius 2 is 2.16 bits per heavy atom. The second-order valence-electron chi connectivity index (χ2n) is 6.17. The van der Waals surface area contributed by atoms with Crippen LogP contribution < -0.4 is 4.74 Å². The van der Waals surface area contributed by atoms with Crippen molar-refractivity contribution in [3.8, 4) is 5.75 Å². The molecule has 0 aliphatic carbocycles. The maximum Gasteiger partial charge on any atom is 0.407 e. The average Bonchev–Trinajstić information content (AvgIpc) is 3.00. The molecule has 6 nitrogen and oxygen atoms in total. The fraction of sp³-hybridized carbons (Fsp3) is 0.412. The normalized spacial score (nSPS) is 22.7. The van der Waals surface area contributed by atoms with Crippen LogP contribution in [0.5, 0.6) is 5.75 Å². The van der Waals surface area contributed by atoms with Gasteiger partial charge in [-0.05, 0) is 18.6 Å². The third-order valence-corrected chi connectivity index (χ3v) is 5.44. The summed E-state index contributed by atoms with van der Waals surface area (Å²) in [6.07, 6.45) is 1.17. The van der Waals surface area contributed by atoms with Crippen molar-refractivity contribution >= 4 is 35.2 Å². The van der Waals surface area contributed by atoms with Crippen molar-refractivity contribution in [2.24, 2.45) is 0 Å². The minimum Gasteiger partial charge on any atom is -0.489 e. The topological polar surface area (TPSA) is 70.1 Å². The number of hydrogen-bond donors (Lipinski definition) is 1. The Morgan fingerprint density at radius 3 is 2.84 bits per heavy atom. The Bertz CT molecular complexity index is 725. The molecule has 25 heavy (non-hydrogen) atoms. The second kappa shape index (κ2) is 7.14. The van der Waals surface area contributed by atoms with Crippen molar-refractivity contribution in [3.63, 3.8) is 0 Å². The summed E-state index contributed by atoms with van der Waals surface area (Å²) in [6, 6.07) is 3.27. The quantitative estimate of drug-likeness (QED) is 0.808. The Kier molecular flexibility index (Phi) is 5.11. The number of benzene rings is 1. The molecular weight excluding hydrogens is 367 g/mol. The van der Waals surface area contributed by atoms with E-state index in [0.717, 1.165) is 10.5 Å². The number of rotatable bonds is 4. The molecule has 2 amide bonds. The SMILES string of the molecule is C=CCOc1ccc(Cl)c(Cl)c1[C@H]1C[C@H]2CN(C(=O)O)CC(=O)N2C1. The van der Waals surface area contributed by atoms with E-state index in [4.69, 9.17) is 33.0 Å². The number of carbonyl (C=O) groups is 2. The van der Waals surface area contributed by atoms with Gasteiger partial charge in [-0.1, -0.05) is 35.9 Å². The van der Waals surface area contributed by atoms with Gasteiger partial charge in [0.2, 0.25) is 5.91 Å². The number of carboxylic acid groups (broad SMARTS) is 1. The fourth-order valence-corrected chi connectivity index (χ4v) is 4.00. The number of hydrogen-bond acceptors (Lipinski definition) is 3. The van der Waals surface area contributed by atoms with Crippen LogP contribution >= 0.6 is 23.2 Å². The lowest BCUT2D eigenvalue weighted by Crippen LogP contribution is -2.55. The van der Waals surface area contributed by atoms with Crippen molar-refractivity contribution in [2.45, 2.75) is 18.4 Å². The van der Waals surface area contributed by atoms with Gasteiger partial charge in [0.15, 0.2) is 0 Å². The van der Waals surface area contributed by atoms with E-state index in [0.29, 0.717) is 41.9 Å². The van der Waals surface area contributed by atoms with Crippen LogP contribution in [0.4, 0.5) is 4.79 Å². The van der Waals surface area contributed by atoms with E-state index in [9.17, 15) is 9.59 Å². The number of carbonyl (C=O) groups excluding carboxylic acids is 1. The fourth-order valence-electron chi connectivity index (χ4n) is 3.53. The highest BCUT2D eigenvalue weighted by Gasteiger charge is 2.43. The molecule has 2 heterocycles. The van der Waals surface area contributed by atoms with Gasteiger partial charge in [-0.2, -0.15) is 0 Å². The first-order chi connectivity index (χ1) is 11.9. The summed E-state index contributed by atoms with van der Waals surface area (Å²) < 4.78 is 5.71. The lowest BCUT2D eigenvalue weighted by Gasteiger charge is -2.35. The summed E-state index contributed by atoms with van der Waals surface area (Å²) in [7, 11) is 0. The summed E-state index contributed by atoms with van der Waals surface area (Å²) >= 11 is 12.6. The third-order valence-electron chi connectivity index (χ3n) is 4.62. The Morgan fingerprint density at radius 1 is 1.40 bits per heavy atom. The van der Waals surface area contributed by atoms with Crippen molar-refractivity contribution in [3.05, 3.63) is 40.4 Å². The van der Waals surface area contributed by atoms with Gasteiger partial charge in [-0.25, -0.2) is 4.79 Å². The van der Waals surface area contributed by atoms with E-state index in [1.54, 1.807) is 23.1 Å². The van der Waals surface area contributed by atoms with Gasteiger partial charge in [-0.3, -0.25) is 9.69 Å². The summed E-state index contributed by atoms with van der Waals surface area (Å²) in [5.74, 6) is 0.364. The van der Waals surface area contributed by atoms with E-state index in [2.05, 4.69) is 6.58 Å². The van der Waals surface area contributed by atoms with Crippen LogP contribution in [-0.4, -0.2) is 59.2 Å². The zero-order valence-corrected chi connectivity index (χ0v) is 15.0. The van der Waals surface area contributed by atoms with Crippen LogP contribution in [0.2, 0.25) is 10.0 Å². The molecule has 134 valence electrons. The molecular formula is C17H18Cl2N2O4. The maximum atomic E-state index is 12.3. The minimum absolute atomic E-state index is 0.0614. The number of halogens is 2. The molecule has 2 saturated heterocycles. The third kappa shape index (κ3) is 3.41. The first-order valence-electron chi connectivity index (χ1n) is 7.91. The molecule has 2 fully saturated rings. The Labute approximate surface area is 155 Å². The van der Waals surface area contributed by atoms with Crippen molar-refractivity contribution in [1.29, 1.82) is 0 Å². The lowest BCUT2D eigenvalue weighted by atomic mass is 9.95. The van der Waals surface area contributed by atoms with E-state index in [1.807, 2.05) is 0 Å². The molecule has 2 aliphatic rings. The molecule has 1 aromatic rings. The molecule has 1 N–H and O–H groups in total. The van der Waals surface area contributed by atoms with Gasteiger partial charge in [0.25, 0.3) is 0 Å². The molecule has 0 bridgehead atoms. The zero-order chi connectivity index (χ0) is 18.1. The van der Waals surface area contributed by atoms with Gasteiger partial charge in [0.1, 0.15) is 18.9 Å². The Balaban J connectivity index is 1.89. The predicted molar refractivity (Wildman–Crippen MR) is 94.6 cm³/mol. The average molecular weight is 385 g/mol. The number of ether oxygens (including phenoxy) is 1. The van der Waals surface area contributed by atoms with Gasteiger partial charge in [0.05, 0.1) is 16.1 Å². The standard InChI is InChI=1S/C17H18Cl2N2O4/c1-2-5-25-13-4-3-12(18)16(19)15(13)10-6-11-8-20(17(23)24)9-14(22)21(11)7-10/h2-4,10-11H,1,5-9H2,(H,23,24)/t10-,11-/m0/s1. The van der Waals surface area contributed by atoms with Crippen LogP contribution in [0.25, 0.3) is 0 Å². The Hall–Kier alpha value is -1.92. The molecule has 8 heteroatoms. The highest BCUT2D eigenvalue weighted by atomic mass is 35.5. The van der Waals surface area contributed by atoms with Gasteiger partial charge < -0.3 is 14.7 Å². The van der Waals surface area contributed by atoms with E-state index >= 15 is 0 Å². The number of fused-ring (bicyclic) bond motifs is 1. The van der Waals surface area contributed by atoms with Gasteiger partial charge in [0, 0.05) is 24.6 Å². The molecule has 0 radical (unpaired) electrons. The van der Waals surface area contributed by atoms with Crippen LogP contribution in [0.1, 0.15) is 17.9 Å². The highest BCUT2D eigenvalue weighted by molar-refractivity contribution is 6.42. The minimum atomic E-state index is -1.08. The van der Waals surface area contributed by atoms with Gasteiger partial charge >= 0.3 is 6.09 Å². The maximum absolute atomic E-state index is 12.3. The van der Waals surface area contributed by atoms with Gasteiger partial charge in [-0.15, -0.1) is 0 Å². The van der Waals surface area contributed by atoms with E-state index < -0.39 is 6.09 Å². The number of nitrogens with zero attached hydrogens (tertiary/aromatic N) is 2. The summed E-state index contributed by atoms with van der Waals surface area (Å²) in [4.78, 5) is 26.4. The molecule has 0 saturated carbocycles. The highest BCUT2D eigenvalue weighted by Crippen LogP contribution is 2.44. The largest absolute Gasteiger partial charge is 0.489 e. The van der Waals surface area contributed by atoms with E-state index in [-0.39, 0.29) is 24.4 Å². The molecule has 0 spiro atoms. The number of piperazine rings is 1. The van der Waals surface area contributed by atoms with Crippen molar-refractivity contribution in [2.75, 3.05) is 26.2 Å². The predicted octanol–water partition coefficient (Wildman–Crippen LogP) is 3.24. The van der Waals surface area contributed by atoms with Crippen LogP contribution in [-0.2, 0) is 4.79 Å². The van der Waals surface area contributed by atoms with E-state index in [1.165, 1.54) is 0 Å². The van der Waals surface area contributed by atoms with Crippen molar-refractivity contribution < 1.29 is 19.4 Å². The summed E-state index contributed by atoms with van der Waals surface area (Å²) in [5, 5.41) is 10.0. The molecule has 2 aliphatic heterocycles. The smallest absolute Gasteiger partial charge is 0.407 e. The molecule has 2 atom stereocenters. The monoisotopic (exact) mass is 384 g/mol. The molecule has 1 aromatic carbocycles. The first kappa shape index (κ1) is 17.9. The van der Waals surface area contributed by atoms with Crippen LogP contribution in [0.15, 0.2) is 24.8 Å². The van der Waals surface area contributed by atoms with Crippen molar-refractivity contribution in [1.82, 2.24) is 9.80 Å². The summed E-state index contributed by atoms with van der Waals surface area (Å²) in [5.41, 5.74) is 0.764. The molecule has 0 unspecified atom stereocenters. The first-order valence-corrected chi connectivity index (χ1v) is 8.67. The number of amides is 2. The molecule has 0 aromatic heterocycles. The molecule has 3 rings (SSSR count). The second-order valence-corrected chi connectivity index (χ2v) is 6.95. The summed E-state index contributed by atoms with van der Waals surface area (Å²) in [6.45, 7) is 4.64. The van der Waals surface area contributed by atoms with Crippen LogP contribution in [0, 0.1) is 0 Å². The lowest BCUT2D eigenvalue weighted by molar-refractivity contribution is -0.136. The van der Waals surface area contributed by atoms with Crippen LogP contribution in [0.3, 0.4) is 0 Å². The zero-order valence-electron chi connectivity index (χ0n) is 13.5.